The van der Waals surface area contributed by atoms with E-state index in [2.05, 4.69) is 21.0 Å². The molecule has 172 valence electrons. The van der Waals surface area contributed by atoms with E-state index in [0.29, 0.717) is 22.5 Å². The maximum Gasteiger partial charge on any atom is 0.346 e. The lowest BCUT2D eigenvalue weighted by molar-refractivity contribution is -0.147. The number of aromatic nitrogens is 2. The van der Waals surface area contributed by atoms with E-state index in [-0.39, 0.29) is 11.5 Å². The first-order valence-corrected chi connectivity index (χ1v) is 11.9. The van der Waals surface area contributed by atoms with Gasteiger partial charge in [-0.15, -0.1) is 0 Å². The molecule has 0 spiro atoms. The van der Waals surface area contributed by atoms with Gasteiger partial charge in [-0.2, -0.15) is 9.78 Å². The first kappa shape index (κ1) is 23.2. The molecule has 4 rings (SSSR count). The van der Waals surface area contributed by atoms with Crippen molar-refractivity contribution in [3.05, 3.63) is 68.7 Å². The van der Waals surface area contributed by atoms with E-state index in [1.807, 2.05) is 18.2 Å². The first-order chi connectivity index (χ1) is 16.0. The average molecular weight is 512 g/mol. The van der Waals surface area contributed by atoms with E-state index >= 15 is 0 Å². The number of rotatable bonds is 6. The summed E-state index contributed by atoms with van der Waals surface area (Å²) in [5, 5.41) is 5.08. The van der Waals surface area contributed by atoms with Crippen molar-refractivity contribution in [2.45, 2.75) is 51.0 Å². The van der Waals surface area contributed by atoms with Gasteiger partial charge in [-0.05, 0) is 55.7 Å². The summed E-state index contributed by atoms with van der Waals surface area (Å²) in [4.78, 5) is 29.9. The average Bonchev–Trinajstić information content (AvgIpc) is 2.84. The Balaban J connectivity index is 1.71. The zero-order chi connectivity index (χ0) is 23.4. The molecule has 2 aromatic carbocycles. The Labute approximate surface area is 200 Å². The van der Waals surface area contributed by atoms with Crippen LogP contribution >= 0.6 is 15.9 Å². The van der Waals surface area contributed by atoms with Crippen LogP contribution in [0.2, 0.25) is 0 Å². The Kier molecular flexibility index (Phi) is 7.23. The van der Waals surface area contributed by atoms with Gasteiger partial charge in [0.15, 0.2) is 6.10 Å². The molecule has 1 aliphatic rings. The summed E-state index contributed by atoms with van der Waals surface area (Å²) in [7, 11) is 1.32. The molecule has 1 fully saturated rings. The monoisotopic (exact) mass is 511 g/mol. The maximum absolute atomic E-state index is 13.4. The predicted octanol–water partition coefficient (Wildman–Crippen LogP) is 5.03. The zero-order valence-corrected chi connectivity index (χ0v) is 20.2. The molecule has 8 heteroatoms. The molecule has 1 aliphatic carbocycles. The number of halogens is 1. The van der Waals surface area contributed by atoms with Crippen molar-refractivity contribution in [2.75, 3.05) is 7.11 Å². The summed E-state index contributed by atoms with van der Waals surface area (Å²) in [5.41, 5.74) is 1.23. The fourth-order valence-electron chi connectivity index (χ4n) is 4.11. The molecule has 1 heterocycles. The van der Waals surface area contributed by atoms with Crippen LogP contribution in [0.1, 0.15) is 56.3 Å². The lowest BCUT2D eigenvalue weighted by Gasteiger charge is -2.22. The van der Waals surface area contributed by atoms with Crippen molar-refractivity contribution in [1.82, 2.24) is 9.66 Å². The topological polar surface area (TPSA) is 82.8 Å². The van der Waals surface area contributed by atoms with Crippen LogP contribution in [0.15, 0.2) is 56.8 Å². The number of hydrogen-bond acceptors (Lipinski definition) is 6. The van der Waals surface area contributed by atoms with Crippen LogP contribution in [0.4, 0.5) is 0 Å². The molecular weight excluding hydrogens is 486 g/mol. The molecule has 33 heavy (non-hydrogen) atoms. The first-order valence-electron chi connectivity index (χ1n) is 11.1. The Hall–Kier alpha value is -3.00. The largest absolute Gasteiger partial charge is 0.479 e. The number of ether oxygens (including phenoxy) is 2. The second kappa shape index (κ2) is 10.3. The summed E-state index contributed by atoms with van der Waals surface area (Å²) in [6.07, 6.45) is 6.35. The van der Waals surface area contributed by atoms with Crippen molar-refractivity contribution in [3.63, 3.8) is 0 Å². The smallest absolute Gasteiger partial charge is 0.346 e. The van der Waals surface area contributed by atoms with Crippen LogP contribution in [0.25, 0.3) is 10.9 Å². The van der Waals surface area contributed by atoms with Gasteiger partial charge in [0, 0.05) is 10.4 Å². The number of methoxy groups -OCH3 is 1. The molecule has 0 unspecified atom stereocenters. The zero-order valence-electron chi connectivity index (χ0n) is 18.7. The fraction of sp³-hybridized carbons (Fsp3) is 0.360. The van der Waals surface area contributed by atoms with E-state index in [4.69, 9.17) is 14.5 Å². The van der Waals surface area contributed by atoms with Gasteiger partial charge >= 0.3 is 5.97 Å². The van der Waals surface area contributed by atoms with Gasteiger partial charge in [0.05, 0.1) is 24.2 Å². The molecular formula is C25H26BrN3O4. The van der Waals surface area contributed by atoms with E-state index in [0.717, 1.165) is 35.7 Å². The fourth-order valence-corrected chi connectivity index (χ4v) is 4.47. The summed E-state index contributed by atoms with van der Waals surface area (Å²) in [6.45, 7) is 1.63. The van der Waals surface area contributed by atoms with Gasteiger partial charge in [-0.1, -0.05) is 47.3 Å². The second-order valence-electron chi connectivity index (χ2n) is 8.18. The van der Waals surface area contributed by atoms with Crippen LogP contribution in [0.5, 0.6) is 5.75 Å². The Morgan fingerprint density at radius 3 is 2.76 bits per heavy atom. The third kappa shape index (κ3) is 5.33. The van der Waals surface area contributed by atoms with Crippen molar-refractivity contribution in [3.8, 4) is 5.75 Å². The number of carbonyl (C=O) groups is 1. The number of carbonyl (C=O) groups excluding carboxylic acids is 1. The van der Waals surface area contributed by atoms with E-state index in [9.17, 15) is 9.59 Å². The minimum Gasteiger partial charge on any atom is -0.479 e. The van der Waals surface area contributed by atoms with Crippen molar-refractivity contribution in [2.24, 2.45) is 5.10 Å². The quantitative estimate of drug-likeness (QED) is 0.342. The third-order valence-electron chi connectivity index (χ3n) is 5.83. The van der Waals surface area contributed by atoms with Crippen LogP contribution in [0, 0.1) is 0 Å². The van der Waals surface area contributed by atoms with Gasteiger partial charge in [-0.3, -0.25) is 4.79 Å². The maximum atomic E-state index is 13.4. The molecule has 0 amide bonds. The van der Waals surface area contributed by atoms with Gasteiger partial charge in [0.1, 0.15) is 11.6 Å². The van der Waals surface area contributed by atoms with Crippen molar-refractivity contribution in [1.29, 1.82) is 0 Å². The number of hydrogen-bond donors (Lipinski definition) is 0. The Morgan fingerprint density at radius 2 is 2.00 bits per heavy atom. The van der Waals surface area contributed by atoms with Crippen molar-refractivity contribution >= 4 is 39.0 Å². The summed E-state index contributed by atoms with van der Waals surface area (Å²) in [5.74, 6) is 0.966. The molecule has 1 aromatic heterocycles. The molecule has 7 nitrogen and oxygen atoms in total. The number of fused-ring (bicyclic) bond motifs is 1. The second-order valence-corrected chi connectivity index (χ2v) is 9.10. The highest BCUT2D eigenvalue weighted by Crippen LogP contribution is 2.32. The van der Waals surface area contributed by atoms with E-state index < -0.39 is 12.1 Å². The minimum atomic E-state index is -0.731. The Bertz CT molecular complexity index is 1250. The molecule has 0 saturated heterocycles. The SMILES string of the molecule is COC(=O)[C@@H](C)Oc1cccc(C=Nn2c(C3CCCCC3)nc3ccc(Br)cc3c2=O)c1. The number of benzene rings is 2. The lowest BCUT2D eigenvalue weighted by atomic mass is 9.88. The molecule has 0 bridgehead atoms. The van der Waals surface area contributed by atoms with Crippen LogP contribution in [0.3, 0.4) is 0 Å². The van der Waals surface area contributed by atoms with Crippen LogP contribution in [-0.4, -0.2) is 35.1 Å². The third-order valence-corrected chi connectivity index (χ3v) is 6.32. The predicted molar refractivity (Wildman–Crippen MR) is 131 cm³/mol. The number of esters is 1. The standard InChI is InChI=1S/C25H26BrN3O4/c1-16(25(31)32-2)33-20-10-6-7-17(13-20)15-27-29-23(18-8-4-3-5-9-18)28-22-12-11-19(26)14-21(22)24(29)30/h6-7,10-16,18H,3-5,8-9H2,1-2H3/t16-/m1/s1. The summed E-state index contributed by atoms with van der Waals surface area (Å²) < 4.78 is 12.6. The highest BCUT2D eigenvalue weighted by atomic mass is 79.9. The van der Waals surface area contributed by atoms with Crippen LogP contribution in [-0.2, 0) is 9.53 Å². The lowest BCUT2D eigenvalue weighted by Crippen LogP contribution is -2.25. The van der Waals surface area contributed by atoms with Gasteiger partial charge < -0.3 is 9.47 Å². The molecule has 0 aliphatic heterocycles. The van der Waals surface area contributed by atoms with Gasteiger partial charge in [0.2, 0.25) is 0 Å². The van der Waals surface area contributed by atoms with E-state index in [1.54, 1.807) is 37.4 Å². The Morgan fingerprint density at radius 1 is 1.21 bits per heavy atom. The summed E-state index contributed by atoms with van der Waals surface area (Å²) >= 11 is 3.44. The minimum absolute atomic E-state index is 0.190. The summed E-state index contributed by atoms with van der Waals surface area (Å²) in [6, 6.07) is 12.7. The molecule has 0 N–H and O–H groups in total. The molecule has 1 atom stereocenters. The normalized spacial score (nSPS) is 15.6. The van der Waals surface area contributed by atoms with Crippen LogP contribution < -0.4 is 10.3 Å². The van der Waals surface area contributed by atoms with Gasteiger partial charge in [-0.25, -0.2) is 9.78 Å². The number of nitrogens with zero attached hydrogens (tertiary/aromatic N) is 3. The molecule has 0 radical (unpaired) electrons. The highest BCUT2D eigenvalue weighted by molar-refractivity contribution is 9.10. The van der Waals surface area contributed by atoms with E-state index in [1.165, 1.54) is 18.2 Å². The molecule has 1 saturated carbocycles. The molecule has 3 aromatic rings. The highest BCUT2D eigenvalue weighted by Gasteiger charge is 2.22. The van der Waals surface area contributed by atoms with Gasteiger partial charge in [0.25, 0.3) is 5.56 Å². The van der Waals surface area contributed by atoms with Crippen molar-refractivity contribution < 1.29 is 14.3 Å².